The smallest absolute Gasteiger partial charge is 0.408 e. The molecule has 0 saturated heterocycles. The van der Waals surface area contributed by atoms with E-state index in [-0.39, 0.29) is 12.8 Å². The van der Waals surface area contributed by atoms with Crippen LogP contribution in [0, 0.1) is 0 Å². The molecule has 3 atom stereocenters. The summed E-state index contributed by atoms with van der Waals surface area (Å²) in [5.41, 5.74) is 1.64. The standard InChI is InChI=1S/C35H42N4O8/c1-23(31(41)36-21-30(40)38-29(33(43)44)20-24-11-7-5-8-12-24)37-32(42)28(39-34(45)47-35(2,3)4)19-25-15-17-27(18-16-25)46-22-26-13-9-6-10-14-26/h5-18,23,28-29H,19-22H2,1-4H3,(H,36,41)(H,37,42)(H,38,40)(H,39,45)(H,43,44)/t23-,28+,29+/m1/s1. The lowest BCUT2D eigenvalue weighted by Crippen LogP contribution is -2.55. The maximum Gasteiger partial charge on any atom is 0.408 e. The minimum Gasteiger partial charge on any atom is -0.489 e. The SMILES string of the molecule is C[C@@H](NC(=O)[C@H](Cc1ccc(OCc2ccccc2)cc1)NC(=O)OC(C)(C)C)C(=O)NCC(=O)N[C@@H](Cc1ccccc1)C(=O)O. The zero-order valence-corrected chi connectivity index (χ0v) is 26.9. The molecule has 250 valence electrons. The average Bonchev–Trinajstić information content (AvgIpc) is 3.02. The van der Waals surface area contributed by atoms with Crippen molar-refractivity contribution in [2.24, 2.45) is 0 Å². The molecule has 3 aromatic rings. The number of rotatable bonds is 15. The number of ether oxygens (including phenoxy) is 2. The Kier molecular flexibility index (Phi) is 13.3. The van der Waals surface area contributed by atoms with E-state index >= 15 is 0 Å². The van der Waals surface area contributed by atoms with Crippen LogP contribution in [0.4, 0.5) is 4.79 Å². The molecule has 3 rings (SSSR count). The van der Waals surface area contributed by atoms with E-state index in [0.717, 1.165) is 11.1 Å². The molecule has 5 N–H and O–H groups in total. The van der Waals surface area contributed by atoms with Gasteiger partial charge < -0.3 is 35.8 Å². The highest BCUT2D eigenvalue weighted by Gasteiger charge is 2.28. The third-order valence-corrected chi connectivity index (χ3v) is 6.71. The van der Waals surface area contributed by atoms with Crippen molar-refractivity contribution >= 4 is 29.8 Å². The van der Waals surface area contributed by atoms with Crippen LogP contribution in [0.1, 0.15) is 44.4 Å². The van der Waals surface area contributed by atoms with Gasteiger partial charge in [0.1, 0.15) is 36.1 Å². The molecule has 12 heteroatoms. The summed E-state index contributed by atoms with van der Waals surface area (Å²) in [6.45, 7) is 6.39. The summed E-state index contributed by atoms with van der Waals surface area (Å²) in [6.07, 6.45) is -0.658. The molecule has 0 spiro atoms. The first-order chi connectivity index (χ1) is 22.3. The minimum atomic E-state index is -1.22. The topological polar surface area (TPSA) is 172 Å². The second-order valence-electron chi connectivity index (χ2n) is 11.9. The van der Waals surface area contributed by atoms with Gasteiger partial charge in [0.2, 0.25) is 17.7 Å². The third-order valence-electron chi connectivity index (χ3n) is 6.71. The lowest BCUT2D eigenvalue weighted by atomic mass is 10.0. The Bertz CT molecular complexity index is 1490. The van der Waals surface area contributed by atoms with E-state index in [1.807, 2.05) is 30.3 Å². The number of hydrogen-bond donors (Lipinski definition) is 5. The van der Waals surface area contributed by atoms with Crippen LogP contribution in [0.2, 0.25) is 0 Å². The number of carboxylic acid groups (broad SMARTS) is 1. The summed E-state index contributed by atoms with van der Waals surface area (Å²) in [5.74, 6) is -2.63. The van der Waals surface area contributed by atoms with Crippen molar-refractivity contribution in [2.75, 3.05) is 6.54 Å². The highest BCUT2D eigenvalue weighted by atomic mass is 16.6. The van der Waals surface area contributed by atoms with Crippen molar-refractivity contribution in [1.82, 2.24) is 21.3 Å². The molecule has 0 unspecified atom stereocenters. The van der Waals surface area contributed by atoms with Gasteiger partial charge in [-0.25, -0.2) is 9.59 Å². The van der Waals surface area contributed by atoms with E-state index in [4.69, 9.17) is 9.47 Å². The number of benzene rings is 3. The monoisotopic (exact) mass is 646 g/mol. The lowest BCUT2D eigenvalue weighted by molar-refractivity contribution is -0.141. The van der Waals surface area contributed by atoms with E-state index in [9.17, 15) is 29.1 Å². The lowest BCUT2D eigenvalue weighted by Gasteiger charge is -2.24. The maximum absolute atomic E-state index is 13.3. The molecular weight excluding hydrogens is 604 g/mol. The van der Waals surface area contributed by atoms with Crippen LogP contribution < -0.4 is 26.0 Å². The van der Waals surface area contributed by atoms with Crippen LogP contribution in [-0.2, 0) is 43.4 Å². The van der Waals surface area contributed by atoms with Gasteiger partial charge in [-0.1, -0.05) is 72.8 Å². The predicted octanol–water partition coefficient (Wildman–Crippen LogP) is 3.13. The van der Waals surface area contributed by atoms with Crippen LogP contribution in [0.15, 0.2) is 84.9 Å². The fraction of sp³-hybridized carbons (Fsp3) is 0.343. The van der Waals surface area contributed by atoms with Crippen molar-refractivity contribution in [3.05, 3.63) is 102 Å². The number of alkyl carbamates (subject to hydrolysis) is 1. The normalized spacial score (nSPS) is 12.9. The number of amides is 4. The molecule has 0 bridgehead atoms. The molecule has 0 aliphatic heterocycles. The van der Waals surface area contributed by atoms with Crippen LogP contribution >= 0.6 is 0 Å². The van der Waals surface area contributed by atoms with Crippen LogP contribution in [0.5, 0.6) is 5.75 Å². The number of nitrogens with one attached hydrogen (secondary N) is 4. The first-order valence-corrected chi connectivity index (χ1v) is 15.2. The molecule has 0 aliphatic rings. The quantitative estimate of drug-likeness (QED) is 0.168. The van der Waals surface area contributed by atoms with Crippen molar-refractivity contribution in [2.45, 2.75) is 70.9 Å². The molecule has 0 saturated carbocycles. The molecular formula is C35H42N4O8. The molecule has 3 aromatic carbocycles. The number of hydrogen-bond acceptors (Lipinski definition) is 7. The molecule has 0 aromatic heterocycles. The Labute approximate surface area is 274 Å². The fourth-order valence-electron chi connectivity index (χ4n) is 4.35. The first kappa shape index (κ1) is 36.1. The van der Waals surface area contributed by atoms with Gasteiger partial charge in [-0.3, -0.25) is 14.4 Å². The van der Waals surface area contributed by atoms with Gasteiger partial charge in [0.15, 0.2) is 0 Å². The molecule has 0 heterocycles. The summed E-state index contributed by atoms with van der Waals surface area (Å²) >= 11 is 0. The minimum absolute atomic E-state index is 0.0673. The molecule has 0 fully saturated rings. The van der Waals surface area contributed by atoms with Crippen molar-refractivity contribution in [3.63, 3.8) is 0 Å². The van der Waals surface area contributed by atoms with Gasteiger partial charge in [0, 0.05) is 12.8 Å². The summed E-state index contributed by atoms with van der Waals surface area (Å²) in [4.78, 5) is 62.7. The van der Waals surface area contributed by atoms with Gasteiger partial charge in [-0.2, -0.15) is 0 Å². The number of carbonyl (C=O) groups excluding carboxylic acids is 4. The largest absolute Gasteiger partial charge is 0.489 e. The Morgan fingerprint density at radius 2 is 1.26 bits per heavy atom. The van der Waals surface area contributed by atoms with Gasteiger partial charge in [-0.15, -0.1) is 0 Å². The Morgan fingerprint density at radius 3 is 1.83 bits per heavy atom. The zero-order chi connectivity index (χ0) is 34.4. The van der Waals surface area contributed by atoms with Crippen LogP contribution in [0.3, 0.4) is 0 Å². The average molecular weight is 647 g/mol. The molecule has 4 amide bonds. The fourth-order valence-corrected chi connectivity index (χ4v) is 4.35. The molecule has 47 heavy (non-hydrogen) atoms. The Balaban J connectivity index is 1.57. The second-order valence-corrected chi connectivity index (χ2v) is 11.9. The van der Waals surface area contributed by atoms with E-state index in [1.54, 1.807) is 75.4 Å². The predicted molar refractivity (Wildman–Crippen MR) is 174 cm³/mol. The molecule has 0 radical (unpaired) electrons. The summed E-state index contributed by atoms with van der Waals surface area (Å²) in [7, 11) is 0. The van der Waals surface area contributed by atoms with Crippen molar-refractivity contribution < 1.29 is 38.6 Å². The Hall–Kier alpha value is -5.39. The van der Waals surface area contributed by atoms with Crippen LogP contribution in [-0.4, -0.2) is 65.2 Å². The van der Waals surface area contributed by atoms with E-state index in [1.165, 1.54) is 6.92 Å². The van der Waals surface area contributed by atoms with Crippen LogP contribution in [0.25, 0.3) is 0 Å². The van der Waals surface area contributed by atoms with E-state index < -0.39 is 60.1 Å². The number of aliphatic carboxylic acids is 1. The van der Waals surface area contributed by atoms with Gasteiger partial charge >= 0.3 is 12.1 Å². The van der Waals surface area contributed by atoms with Gasteiger partial charge in [0.25, 0.3) is 0 Å². The van der Waals surface area contributed by atoms with E-state index in [2.05, 4.69) is 21.3 Å². The zero-order valence-electron chi connectivity index (χ0n) is 26.9. The summed E-state index contributed by atoms with van der Waals surface area (Å²) in [5, 5.41) is 19.4. The summed E-state index contributed by atoms with van der Waals surface area (Å²) in [6, 6.07) is 22.2. The van der Waals surface area contributed by atoms with Gasteiger partial charge in [0.05, 0.1) is 6.54 Å². The summed E-state index contributed by atoms with van der Waals surface area (Å²) < 4.78 is 11.2. The molecule has 0 aliphatic carbocycles. The highest BCUT2D eigenvalue weighted by molar-refractivity contribution is 5.93. The maximum atomic E-state index is 13.3. The third kappa shape index (κ3) is 13.2. The van der Waals surface area contributed by atoms with Crippen molar-refractivity contribution in [1.29, 1.82) is 0 Å². The molecule has 12 nitrogen and oxygen atoms in total. The van der Waals surface area contributed by atoms with Crippen molar-refractivity contribution in [3.8, 4) is 5.75 Å². The van der Waals surface area contributed by atoms with Gasteiger partial charge in [-0.05, 0) is 56.5 Å². The van der Waals surface area contributed by atoms with E-state index in [0.29, 0.717) is 17.9 Å². The Morgan fingerprint density at radius 1 is 0.702 bits per heavy atom. The number of carbonyl (C=O) groups is 5. The second kappa shape index (κ2) is 17.3. The number of carboxylic acids is 1. The highest BCUT2D eigenvalue weighted by Crippen LogP contribution is 2.16. The first-order valence-electron chi connectivity index (χ1n) is 15.2.